The number of hydrogen-bond acceptors (Lipinski definition) is 3. The molecule has 7 aromatic rings. The molecule has 0 fully saturated rings. The first-order valence-electron chi connectivity index (χ1n) is 16.2. The Kier molecular flexibility index (Phi) is 6.34. The number of para-hydroxylation sites is 2. The highest BCUT2D eigenvalue weighted by atomic mass is 16.2. The predicted molar refractivity (Wildman–Crippen MR) is 194 cm³/mol. The molecule has 2 aliphatic rings. The van der Waals surface area contributed by atoms with Crippen molar-refractivity contribution in [3.05, 3.63) is 214 Å². The van der Waals surface area contributed by atoms with Gasteiger partial charge >= 0.3 is 0 Å². The molecular weight excluding hydrogens is 587 g/mol. The molecule has 9 rings (SSSR count). The number of hydrogen-bond donors (Lipinski definition) is 0. The van der Waals surface area contributed by atoms with Gasteiger partial charge in [-0.15, -0.1) is 0 Å². The van der Waals surface area contributed by atoms with E-state index in [4.69, 9.17) is 0 Å². The molecule has 7 aromatic carbocycles. The zero-order chi connectivity index (χ0) is 32.2. The minimum Gasteiger partial charge on any atom is -0.310 e. The topological polar surface area (TPSA) is 37.4 Å². The first-order chi connectivity index (χ1) is 23.6. The van der Waals surface area contributed by atoms with E-state index in [2.05, 4.69) is 114 Å². The smallest absolute Gasteiger partial charge is 0.197 e. The molecule has 3 nitrogen and oxygen atoms in total. The number of rotatable bonds is 4. The van der Waals surface area contributed by atoms with Crippen molar-refractivity contribution in [1.29, 1.82) is 0 Å². The first-order valence-corrected chi connectivity index (χ1v) is 16.2. The van der Waals surface area contributed by atoms with E-state index < -0.39 is 5.41 Å². The minimum atomic E-state index is -0.682. The average molecular weight is 616 g/mol. The van der Waals surface area contributed by atoms with Gasteiger partial charge in [0.1, 0.15) is 0 Å². The summed E-state index contributed by atoms with van der Waals surface area (Å²) in [6.07, 6.45) is 1.78. The summed E-state index contributed by atoms with van der Waals surface area (Å²) in [7, 11) is 0. The molecule has 1 aliphatic heterocycles. The van der Waals surface area contributed by atoms with Crippen molar-refractivity contribution in [3.8, 4) is 0 Å². The van der Waals surface area contributed by atoms with Gasteiger partial charge in [0.15, 0.2) is 11.6 Å². The van der Waals surface area contributed by atoms with Crippen LogP contribution in [0.3, 0.4) is 0 Å². The lowest BCUT2D eigenvalue weighted by Gasteiger charge is -2.46. The number of nitrogens with zero attached hydrogens (tertiary/aromatic N) is 1. The fourth-order valence-corrected chi connectivity index (χ4v) is 7.73. The molecule has 0 N–H and O–H groups in total. The van der Waals surface area contributed by atoms with Crippen molar-refractivity contribution in [1.82, 2.24) is 0 Å². The van der Waals surface area contributed by atoms with Crippen LogP contribution in [0.25, 0.3) is 16.8 Å². The molecule has 0 spiro atoms. The van der Waals surface area contributed by atoms with Gasteiger partial charge in [0.2, 0.25) is 0 Å². The average Bonchev–Trinajstić information content (AvgIpc) is 3.37. The molecular formula is C45H29NO2. The molecule has 1 heterocycles. The summed E-state index contributed by atoms with van der Waals surface area (Å²) in [6.45, 7) is 0. The van der Waals surface area contributed by atoms with E-state index in [1.165, 1.54) is 0 Å². The van der Waals surface area contributed by atoms with Crippen molar-refractivity contribution in [2.75, 3.05) is 4.90 Å². The van der Waals surface area contributed by atoms with E-state index in [0.29, 0.717) is 11.1 Å². The maximum Gasteiger partial charge on any atom is 0.197 e. The summed E-state index contributed by atoms with van der Waals surface area (Å²) in [5.74, 6) is -0.459. The second kappa shape index (κ2) is 10.9. The van der Waals surface area contributed by atoms with E-state index in [1.54, 1.807) is 6.08 Å². The van der Waals surface area contributed by atoms with E-state index in [-0.39, 0.29) is 17.1 Å². The number of benzene rings is 7. The standard InChI is InChI=1S/C45H29NO2/c47-43-36-28-31-14-10-11-15-32(31)29-37(36)44(48)38(43)26-30-24-25-42-40(27-30)45(33-16-4-1-5-17-33,34-18-6-2-7-19-34)39-22-12-13-23-41(39)46(42)35-20-8-3-9-21-35/h1-29H. The lowest BCUT2D eigenvalue weighted by molar-refractivity contribution is 0.0990. The van der Waals surface area contributed by atoms with Crippen LogP contribution in [0.5, 0.6) is 0 Å². The van der Waals surface area contributed by atoms with E-state index >= 15 is 0 Å². The first kappa shape index (κ1) is 27.9. The second-order valence-electron chi connectivity index (χ2n) is 12.4. The van der Waals surface area contributed by atoms with Crippen LogP contribution in [0.2, 0.25) is 0 Å². The van der Waals surface area contributed by atoms with Crippen LogP contribution in [0, 0.1) is 0 Å². The van der Waals surface area contributed by atoms with Gasteiger partial charge in [-0.05, 0) is 87.1 Å². The SMILES string of the molecule is O=C1C(=Cc2ccc3c(c2)C(c2ccccc2)(c2ccccc2)c2ccccc2N3c2ccccc2)C(=O)c2cc3ccccc3cc21. The summed E-state index contributed by atoms with van der Waals surface area (Å²) in [4.78, 5) is 30.0. The Morgan fingerprint density at radius 2 is 0.958 bits per heavy atom. The minimum absolute atomic E-state index is 0.196. The number of allylic oxidation sites excluding steroid dienone is 1. The zero-order valence-electron chi connectivity index (χ0n) is 26.0. The van der Waals surface area contributed by atoms with Crippen LogP contribution in [0.15, 0.2) is 175 Å². The zero-order valence-corrected chi connectivity index (χ0v) is 26.0. The van der Waals surface area contributed by atoms with Crippen LogP contribution >= 0.6 is 0 Å². The number of carbonyl (C=O) groups is 2. The monoisotopic (exact) mass is 615 g/mol. The number of carbonyl (C=O) groups excluding carboxylic acids is 2. The molecule has 0 aromatic heterocycles. The van der Waals surface area contributed by atoms with Crippen LogP contribution < -0.4 is 4.90 Å². The maximum atomic E-state index is 13.8. The molecule has 0 unspecified atom stereocenters. The van der Waals surface area contributed by atoms with Gasteiger partial charge in [-0.25, -0.2) is 0 Å². The van der Waals surface area contributed by atoms with Crippen molar-refractivity contribution in [3.63, 3.8) is 0 Å². The van der Waals surface area contributed by atoms with E-state index in [0.717, 1.165) is 55.7 Å². The third-order valence-electron chi connectivity index (χ3n) is 9.82. The van der Waals surface area contributed by atoms with Crippen LogP contribution in [-0.4, -0.2) is 11.6 Å². The van der Waals surface area contributed by atoms with Crippen LogP contribution in [-0.2, 0) is 5.41 Å². The van der Waals surface area contributed by atoms with E-state index in [9.17, 15) is 9.59 Å². The summed E-state index contributed by atoms with van der Waals surface area (Å²) in [5.41, 5.74) is 8.91. The summed E-state index contributed by atoms with van der Waals surface area (Å²) < 4.78 is 0. The highest BCUT2D eigenvalue weighted by molar-refractivity contribution is 6.42. The van der Waals surface area contributed by atoms with Crippen LogP contribution in [0.4, 0.5) is 17.1 Å². The Morgan fingerprint density at radius 3 is 1.56 bits per heavy atom. The number of Topliss-reactive ketones (excluding diaryl/α,β-unsaturated/α-hetero) is 2. The van der Waals surface area contributed by atoms with Crippen LogP contribution in [0.1, 0.15) is 48.5 Å². The summed E-state index contributed by atoms with van der Waals surface area (Å²) in [5, 5.41) is 1.89. The fourth-order valence-electron chi connectivity index (χ4n) is 7.73. The van der Waals surface area contributed by atoms with Crippen molar-refractivity contribution in [2.45, 2.75) is 5.41 Å². The van der Waals surface area contributed by atoms with Crippen molar-refractivity contribution < 1.29 is 9.59 Å². The highest BCUT2D eigenvalue weighted by Gasteiger charge is 2.46. The Bertz CT molecular complexity index is 2330. The molecule has 226 valence electrons. The maximum absolute atomic E-state index is 13.8. The predicted octanol–water partition coefficient (Wildman–Crippen LogP) is 10.5. The molecule has 0 amide bonds. The largest absolute Gasteiger partial charge is 0.310 e. The van der Waals surface area contributed by atoms with Gasteiger partial charge in [0, 0.05) is 16.8 Å². The Morgan fingerprint density at radius 1 is 0.458 bits per heavy atom. The molecule has 3 heteroatoms. The molecule has 48 heavy (non-hydrogen) atoms. The lowest BCUT2D eigenvalue weighted by Crippen LogP contribution is -2.37. The van der Waals surface area contributed by atoms with Gasteiger partial charge in [-0.2, -0.15) is 0 Å². The lowest BCUT2D eigenvalue weighted by atomic mass is 9.62. The number of anilines is 3. The Balaban J connectivity index is 1.32. The molecule has 0 bridgehead atoms. The Labute approximate surface area is 279 Å². The molecule has 0 atom stereocenters. The summed E-state index contributed by atoms with van der Waals surface area (Å²) >= 11 is 0. The summed E-state index contributed by atoms with van der Waals surface area (Å²) in [6, 6.07) is 58.2. The van der Waals surface area contributed by atoms with Crippen molar-refractivity contribution in [2.24, 2.45) is 0 Å². The molecule has 0 saturated heterocycles. The van der Waals surface area contributed by atoms with Gasteiger partial charge in [-0.3, -0.25) is 9.59 Å². The third-order valence-corrected chi connectivity index (χ3v) is 9.82. The van der Waals surface area contributed by atoms with Gasteiger partial charge in [-0.1, -0.05) is 127 Å². The van der Waals surface area contributed by atoms with Gasteiger partial charge < -0.3 is 4.90 Å². The van der Waals surface area contributed by atoms with E-state index in [1.807, 2.05) is 60.7 Å². The quantitative estimate of drug-likeness (QED) is 0.146. The Hall–Kier alpha value is -6.32. The molecule has 0 saturated carbocycles. The third kappa shape index (κ3) is 4.08. The molecule has 0 radical (unpaired) electrons. The fraction of sp³-hybridized carbons (Fsp3) is 0.0222. The van der Waals surface area contributed by atoms with Gasteiger partial charge in [0.05, 0.1) is 22.4 Å². The van der Waals surface area contributed by atoms with Crippen molar-refractivity contribution >= 4 is 45.5 Å². The number of fused-ring (bicyclic) bond motifs is 4. The highest BCUT2D eigenvalue weighted by Crippen LogP contribution is 2.57. The molecule has 1 aliphatic carbocycles. The van der Waals surface area contributed by atoms with Gasteiger partial charge in [0.25, 0.3) is 0 Å². The number of ketones is 2. The normalized spacial score (nSPS) is 14.4. The second-order valence-corrected chi connectivity index (χ2v) is 12.4.